The molecule has 0 aliphatic heterocycles. The van der Waals surface area contributed by atoms with Gasteiger partial charge in [-0.25, -0.2) is 0 Å². The maximum Gasteiger partial charge on any atom is 0.194 e. The van der Waals surface area contributed by atoms with Crippen molar-refractivity contribution in [2.24, 2.45) is 0 Å². The monoisotopic (exact) mass is 129 g/mol. The van der Waals surface area contributed by atoms with Crippen molar-refractivity contribution in [2.45, 2.75) is 0 Å². The fourth-order valence-electron chi connectivity index (χ4n) is 0.215. The maximum atomic E-state index is 8.81. The lowest BCUT2D eigenvalue weighted by Gasteiger charge is -1.63. The van der Waals surface area contributed by atoms with E-state index in [4.69, 9.17) is 10.1 Å². The minimum Gasteiger partial charge on any atom is -0.286 e. The first-order valence-electron chi connectivity index (χ1n) is 2.25. The quantitative estimate of drug-likeness (QED) is 0.404. The standard InChI is InChI=1S/C3H4N2.CH3NO2/c1-2-4-5-3-1;1-2(3)4/h1-3H,(H,4,5);1H3. The third-order valence-corrected chi connectivity index (χ3v) is 0.406. The number of aromatic nitrogens is 2. The van der Waals surface area contributed by atoms with Gasteiger partial charge in [-0.1, -0.05) is 0 Å². The van der Waals surface area contributed by atoms with Crippen molar-refractivity contribution >= 4 is 0 Å². The van der Waals surface area contributed by atoms with E-state index < -0.39 is 4.92 Å². The number of H-pyrrole nitrogens is 1. The molecule has 5 heteroatoms. The predicted molar refractivity (Wildman–Crippen MR) is 31.5 cm³/mol. The third-order valence-electron chi connectivity index (χ3n) is 0.406. The number of rotatable bonds is 0. The Hall–Kier alpha value is -1.39. The van der Waals surface area contributed by atoms with Gasteiger partial charge in [0.1, 0.15) is 0 Å². The molecule has 0 spiro atoms. The van der Waals surface area contributed by atoms with Crippen molar-refractivity contribution in [2.75, 3.05) is 7.05 Å². The number of nitro groups is 1. The van der Waals surface area contributed by atoms with Gasteiger partial charge in [0.15, 0.2) is 7.05 Å². The Morgan fingerprint density at radius 1 is 1.78 bits per heavy atom. The van der Waals surface area contributed by atoms with Crippen LogP contribution >= 0.6 is 0 Å². The Morgan fingerprint density at radius 3 is 2.44 bits per heavy atom. The van der Waals surface area contributed by atoms with Gasteiger partial charge in [0.25, 0.3) is 0 Å². The SMILES string of the molecule is C[N+](=O)[O-].c1cn[nH]c1. The highest BCUT2D eigenvalue weighted by Crippen LogP contribution is 1.64. The summed E-state index contributed by atoms with van der Waals surface area (Å²) in [5, 5.41) is 15.0. The van der Waals surface area contributed by atoms with E-state index in [0.717, 1.165) is 7.05 Å². The Bertz CT molecular complexity index is 128. The Balaban J connectivity index is 0.000000148. The molecule has 0 aliphatic carbocycles. The lowest BCUT2D eigenvalue weighted by molar-refractivity contribution is -0.445. The van der Waals surface area contributed by atoms with Crippen LogP contribution in [-0.4, -0.2) is 22.2 Å². The summed E-state index contributed by atoms with van der Waals surface area (Å²) in [5.74, 6) is 0. The summed E-state index contributed by atoms with van der Waals surface area (Å²) in [6.45, 7) is 0. The highest BCUT2D eigenvalue weighted by molar-refractivity contribution is 4.72. The molecule has 1 heterocycles. The number of nitrogens with one attached hydrogen (secondary N) is 1. The van der Waals surface area contributed by atoms with Crippen molar-refractivity contribution < 1.29 is 4.92 Å². The number of hydrogen-bond donors (Lipinski definition) is 1. The van der Waals surface area contributed by atoms with Crippen molar-refractivity contribution in [1.82, 2.24) is 10.2 Å². The zero-order chi connectivity index (χ0) is 7.11. The summed E-state index contributed by atoms with van der Waals surface area (Å²) < 4.78 is 0. The van der Waals surface area contributed by atoms with Crippen LogP contribution in [0.3, 0.4) is 0 Å². The van der Waals surface area contributed by atoms with Gasteiger partial charge < -0.3 is 0 Å². The van der Waals surface area contributed by atoms with Crippen LogP contribution in [0.5, 0.6) is 0 Å². The molecular weight excluding hydrogens is 122 g/mol. The maximum absolute atomic E-state index is 8.81. The van der Waals surface area contributed by atoms with Crippen LogP contribution < -0.4 is 0 Å². The Labute approximate surface area is 51.9 Å². The summed E-state index contributed by atoms with van der Waals surface area (Å²) in [6, 6.07) is 1.83. The van der Waals surface area contributed by atoms with Crippen molar-refractivity contribution in [3.05, 3.63) is 28.6 Å². The van der Waals surface area contributed by atoms with E-state index in [1.165, 1.54) is 0 Å². The molecule has 0 atom stereocenters. The topological polar surface area (TPSA) is 71.8 Å². The molecule has 0 unspecified atom stereocenters. The zero-order valence-corrected chi connectivity index (χ0v) is 4.94. The molecule has 0 amide bonds. The van der Waals surface area contributed by atoms with E-state index in [2.05, 4.69) is 10.2 Å². The minimum absolute atomic E-state index is 0.500. The molecule has 0 bridgehead atoms. The number of hydrogen-bond acceptors (Lipinski definition) is 3. The van der Waals surface area contributed by atoms with E-state index in [0.29, 0.717) is 0 Å². The molecule has 1 N–H and O–H groups in total. The normalized spacial score (nSPS) is 7.22. The first kappa shape index (κ1) is 7.61. The number of nitrogens with zero attached hydrogens (tertiary/aromatic N) is 2. The summed E-state index contributed by atoms with van der Waals surface area (Å²) in [5.41, 5.74) is 0. The second-order valence-corrected chi connectivity index (χ2v) is 1.21. The summed E-state index contributed by atoms with van der Waals surface area (Å²) in [7, 11) is 0.889. The van der Waals surface area contributed by atoms with Crippen LogP contribution in [0.2, 0.25) is 0 Å². The van der Waals surface area contributed by atoms with E-state index in [1.807, 2.05) is 6.07 Å². The molecule has 1 rings (SSSR count). The van der Waals surface area contributed by atoms with E-state index >= 15 is 0 Å². The van der Waals surface area contributed by atoms with Gasteiger partial charge in [0.2, 0.25) is 0 Å². The first-order valence-corrected chi connectivity index (χ1v) is 2.25. The summed E-state index contributed by atoms with van der Waals surface area (Å²) in [6.07, 6.45) is 3.46. The molecule has 1 aromatic rings. The molecule has 50 valence electrons. The molecule has 1 aromatic heterocycles. The van der Waals surface area contributed by atoms with Crippen LogP contribution in [0.25, 0.3) is 0 Å². The van der Waals surface area contributed by atoms with Gasteiger partial charge in [-0.2, -0.15) is 5.10 Å². The molecular formula is C4H7N3O2. The van der Waals surface area contributed by atoms with Gasteiger partial charge in [-0.05, 0) is 6.07 Å². The molecule has 0 aliphatic rings. The van der Waals surface area contributed by atoms with E-state index in [1.54, 1.807) is 12.4 Å². The van der Waals surface area contributed by atoms with Gasteiger partial charge in [0.05, 0.1) is 0 Å². The molecule has 0 radical (unpaired) electrons. The Kier molecular flexibility index (Phi) is 4.03. The van der Waals surface area contributed by atoms with Crippen LogP contribution in [0.15, 0.2) is 18.5 Å². The largest absolute Gasteiger partial charge is 0.286 e. The van der Waals surface area contributed by atoms with Crippen LogP contribution in [0.1, 0.15) is 0 Å². The highest BCUT2D eigenvalue weighted by atomic mass is 16.6. The molecule has 0 aromatic carbocycles. The van der Waals surface area contributed by atoms with Gasteiger partial charge in [-0.3, -0.25) is 15.2 Å². The fourth-order valence-corrected chi connectivity index (χ4v) is 0.215. The predicted octanol–water partition coefficient (Wildman–Crippen LogP) is 0.303. The van der Waals surface area contributed by atoms with Crippen molar-refractivity contribution in [3.8, 4) is 0 Å². The lowest BCUT2D eigenvalue weighted by Crippen LogP contribution is -1.79. The van der Waals surface area contributed by atoms with E-state index in [9.17, 15) is 0 Å². The molecule has 0 saturated heterocycles. The zero-order valence-electron chi connectivity index (χ0n) is 4.94. The van der Waals surface area contributed by atoms with Crippen LogP contribution in [-0.2, 0) is 0 Å². The molecule has 0 fully saturated rings. The van der Waals surface area contributed by atoms with Crippen LogP contribution in [0, 0.1) is 10.1 Å². The average molecular weight is 129 g/mol. The second-order valence-electron chi connectivity index (χ2n) is 1.21. The number of aromatic amines is 1. The van der Waals surface area contributed by atoms with Gasteiger partial charge >= 0.3 is 0 Å². The Morgan fingerprint density at radius 2 is 2.33 bits per heavy atom. The van der Waals surface area contributed by atoms with Crippen LogP contribution in [0.4, 0.5) is 0 Å². The second kappa shape index (κ2) is 4.76. The average Bonchev–Trinajstić information content (AvgIpc) is 2.11. The van der Waals surface area contributed by atoms with Crippen molar-refractivity contribution in [1.29, 1.82) is 0 Å². The van der Waals surface area contributed by atoms with Crippen molar-refractivity contribution in [3.63, 3.8) is 0 Å². The smallest absolute Gasteiger partial charge is 0.194 e. The molecule has 0 saturated carbocycles. The fraction of sp³-hybridized carbons (Fsp3) is 0.250. The minimum atomic E-state index is -0.500. The van der Waals surface area contributed by atoms with E-state index in [-0.39, 0.29) is 0 Å². The summed E-state index contributed by atoms with van der Waals surface area (Å²) in [4.78, 5) is 8.31. The molecule has 9 heavy (non-hydrogen) atoms. The lowest BCUT2D eigenvalue weighted by atomic mass is 10.8. The third kappa shape index (κ3) is 10.8. The first-order chi connectivity index (χ1) is 4.23. The molecule has 5 nitrogen and oxygen atoms in total. The summed E-state index contributed by atoms with van der Waals surface area (Å²) >= 11 is 0. The van der Waals surface area contributed by atoms with Gasteiger partial charge in [0, 0.05) is 17.3 Å². The van der Waals surface area contributed by atoms with Gasteiger partial charge in [-0.15, -0.1) is 0 Å². The highest BCUT2D eigenvalue weighted by Gasteiger charge is 1.57.